The normalized spacial score (nSPS) is 21.8. The average Bonchev–Trinajstić information content (AvgIpc) is 3.05. The SMILES string of the molecule is O=C(c1ccccc1)N1C[C@H]2CC[C@@H](C1)N(C(=O)CCc1cccnc1)C2. The quantitative estimate of drug-likeness (QED) is 0.839. The Hall–Kier alpha value is -2.69. The van der Waals surface area contributed by atoms with E-state index >= 15 is 0 Å². The fraction of sp³-hybridized carbons (Fsp3) is 0.409. The van der Waals surface area contributed by atoms with Crippen LogP contribution in [0.2, 0.25) is 0 Å². The average molecular weight is 363 g/mol. The molecule has 0 N–H and O–H groups in total. The first-order chi connectivity index (χ1) is 13.2. The van der Waals surface area contributed by atoms with Gasteiger partial charge in [0, 0.05) is 50.1 Å². The van der Waals surface area contributed by atoms with Crippen LogP contribution in [0.4, 0.5) is 0 Å². The molecule has 1 aromatic carbocycles. The third kappa shape index (κ3) is 4.02. The first-order valence-corrected chi connectivity index (χ1v) is 9.73. The summed E-state index contributed by atoms with van der Waals surface area (Å²) in [7, 11) is 0. The molecule has 27 heavy (non-hydrogen) atoms. The number of carbonyl (C=O) groups is 2. The number of benzene rings is 1. The molecule has 4 heterocycles. The number of hydrogen-bond acceptors (Lipinski definition) is 3. The highest BCUT2D eigenvalue weighted by Gasteiger charge is 2.38. The van der Waals surface area contributed by atoms with Crippen LogP contribution in [0.3, 0.4) is 0 Å². The number of nitrogens with zero attached hydrogens (tertiary/aromatic N) is 3. The van der Waals surface area contributed by atoms with Gasteiger partial charge in [-0.25, -0.2) is 0 Å². The fourth-order valence-electron chi connectivity index (χ4n) is 4.26. The number of hydrogen-bond donors (Lipinski definition) is 0. The first kappa shape index (κ1) is 17.7. The van der Waals surface area contributed by atoms with E-state index in [0.717, 1.165) is 37.1 Å². The van der Waals surface area contributed by atoms with E-state index in [9.17, 15) is 9.59 Å². The summed E-state index contributed by atoms with van der Waals surface area (Å²) < 4.78 is 0. The van der Waals surface area contributed by atoms with Crippen LogP contribution < -0.4 is 0 Å². The number of fused-ring (bicyclic) bond motifs is 4. The van der Waals surface area contributed by atoms with Crippen LogP contribution in [0.1, 0.15) is 35.2 Å². The maximum absolute atomic E-state index is 12.9. The molecule has 0 unspecified atom stereocenters. The van der Waals surface area contributed by atoms with E-state index in [0.29, 0.717) is 25.3 Å². The zero-order valence-electron chi connectivity index (χ0n) is 15.5. The number of pyridine rings is 1. The largest absolute Gasteiger partial charge is 0.338 e. The predicted molar refractivity (Wildman–Crippen MR) is 103 cm³/mol. The summed E-state index contributed by atoms with van der Waals surface area (Å²) in [6.07, 6.45) is 6.87. The molecule has 140 valence electrons. The van der Waals surface area contributed by atoms with Crippen LogP contribution in [0.15, 0.2) is 54.9 Å². The Bertz CT molecular complexity index is 794. The van der Waals surface area contributed by atoms with Gasteiger partial charge in [-0.05, 0) is 48.9 Å². The smallest absolute Gasteiger partial charge is 0.253 e. The van der Waals surface area contributed by atoms with Gasteiger partial charge in [-0.3, -0.25) is 14.6 Å². The maximum atomic E-state index is 12.9. The maximum Gasteiger partial charge on any atom is 0.253 e. The van der Waals surface area contributed by atoms with Crippen molar-refractivity contribution in [1.82, 2.24) is 14.8 Å². The van der Waals surface area contributed by atoms with E-state index in [1.807, 2.05) is 58.5 Å². The second-order valence-electron chi connectivity index (χ2n) is 7.58. The third-order valence-electron chi connectivity index (χ3n) is 5.69. The van der Waals surface area contributed by atoms with Crippen LogP contribution >= 0.6 is 0 Å². The zero-order valence-corrected chi connectivity index (χ0v) is 15.5. The second-order valence-corrected chi connectivity index (χ2v) is 7.58. The van der Waals surface area contributed by atoms with Crippen molar-refractivity contribution in [3.63, 3.8) is 0 Å². The van der Waals surface area contributed by atoms with Crippen molar-refractivity contribution in [1.29, 1.82) is 0 Å². The van der Waals surface area contributed by atoms with Gasteiger partial charge in [-0.15, -0.1) is 0 Å². The molecule has 1 aromatic heterocycles. The number of aromatic nitrogens is 1. The molecule has 5 rings (SSSR count). The molecule has 3 aliphatic heterocycles. The highest BCUT2D eigenvalue weighted by atomic mass is 16.2. The Balaban J connectivity index is 1.42. The summed E-state index contributed by atoms with van der Waals surface area (Å²) in [6, 6.07) is 13.5. The Labute approximate surface area is 160 Å². The lowest BCUT2D eigenvalue weighted by Gasteiger charge is -2.36. The van der Waals surface area contributed by atoms with Gasteiger partial charge in [0.1, 0.15) is 0 Å². The minimum atomic E-state index is 0.0807. The minimum absolute atomic E-state index is 0.0807. The molecule has 3 aliphatic rings. The lowest BCUT2D eigenvalue weighted by atomic mass is 9.94. The number of amides is 2. The van der Waals surface area contributed by atoms with Crippen LogP contribution in [0.5, 0.6) is 0 Å². The van der Waals surface area contributed by atoms with Crippen molar-refractivity contribution in [2.24, 2.45) is 5.92 Å². The van der Waals surface area contributed by atoms with E-state index in [4.69, 9.17) is 0 Å². The zero-order chi connectivity index (χ0) is 18.6. The molecule has 3 fully saturated rings. The van der Waals surface area contributed by atoms with Crippen molar-refractivity contribution in [2.75, 3.05) is 19.6 Å². The van der Waals surface area contributed by atoms with Gasteiger partial charge in [0.25, 0.3) is 5.91 Å². The first-order valence-electron chi connectivity index (χ1n) is 9.73. The molecule has 0 radical (unpaired) electrons. The molecule has 2 amide bonds. The standard InChI is InChI=1S/C22H25N3O2/c26-21(11-9-17-5-4-12-23-13-17)25-15-18-8-10-20(25)16-24(14-18)22(27)19-6-2-1-3-7-19/h1-7,12-13,18,20H,8-11,14-16H2/t18-,20+/m1/s1. The molecule has 5 nitrogen and oxygen atoms in total. The Morgan fingerprint density at radius 1 is 1.00 bits per heavy atom. The highest BCUT2D eigenvalue weighted by Crippen LogP contribution is 2.29. The van der Waals surface area contributed by atoms with Crippen molar-refractivity contribution in [2.45, 2.75) is 31.7 Å². The Morgan fingerprint density at radius 2 is 1.85 bits per heavy atom. The van der Waals surface area contributed by atoms with Crippen molar-refractivity contribution in [3.05, 3.63) is 66.0 Å². The highest BCUT2D eigenvalue weighted by molar-refractivity contribution is 5.94. The van der Waals surface area contributed by atoms with Crippen molar-refractivity contribution in [3.8, 4) is 0 Å². The van der Waals surface area contributed by atoms with Gasteiger partial charge in [-0.1, -0.05) is 24.3 Å². The molecule has 0 saturated carbocycles. The molecule has 3 saturated heterocycles. The fourth-order valence-corrected chi connectivity index (χ4v) is 4.26. The Kier molecular flexibility index (Phi) is 5.19. The Morgan fingerprint density at radius 3 is 2.63 bits per heavy atom. The molecular formula is C22H25N3O2. The molecule has 5 heteroatoms. The predicted octanol–water partition coefficient (Wildman–Crippen LogP) is 2.78. The van der Waals surface area contributed by atoms with Crippen LogP contribution in [0.25, 0.3) is 0 Å². The summed E-state index contributed by atoms with van der Waals surface area (Å²) in [5.74, 6) is 0.651. The third-order valence-corrected chi connectivity index (χ3v) is 5.69. The number of rotatable bonds is 4. The summed E-state index contributed by atoms with van der Waals surface area (Å²) >= 11 is 0. The number of carbonyl (C=O) groups excluding carboxylic acids is 2. The minimum Gasteiger partial charge on any atom is -0.338 e. The number of piperidine rings is 1. The van der Waals surface area contributed by atoms with E-state index in [2.05, 4.69) is 4.98 Å². The lowest BCUT2D eigenvalue weighted by molar-refractivity contribution is -0.135. The summed E-state index contributed by atoms with van der Waals surface area (Å²) in [5, 5.41) is 0. The summed E-state index contributed by atoms with van der Waals surface area (Å²) in [5.41, 5.74) is 1.82. The molecule has 2 bridgehead atoms. The number of aryl methyl sites for hydroxylation is 1. The van der Waals surface area contributed by atoms with Gasteiger partial charge in [0.2, 0.25) is 5.91 Å². The van der Waals surface area contributed by atoms with E-state index < -0.39 is 0 Å². The summed E-state index contributed by atoms with van der Waals surface area (Å²) in [6.45, 7) is 2.16. The monoisotopic (exact) mass is 363 g/mol. The van der Waals surface area contributed by atoms with Crippen LogP contribution in [-0.4, -0.2) is 52.3 Å². The topological polar surface area (TPSA) is 53.5 Å². The van der Waals surface area contributed by atoms with E-state index in [-0.39, 0.29) is 17.9 Å². The van der Waals surface area contributed by atoms with Crippen LogP contribution in [-0.2, 0) is 11.2 Å². The molecule has 0 aliphatic carbocycles. The van der Waals surface area contributed by atoms with E-state index in [1.165, 1.54) is 0 Å². The lowest BCUT2D eigenvalue weighted by Crippen LogP contribution is -2.47. The van der Waals surface area contributed by atoms with E-state index in [1.54, 1.807) is 6.20 Å². The van der Waals surface area contributed by atoms with Crippen LogP contribution in [0, 0.1) is 5.92 Å². The van der Waals surface area contributed by atoms with Gasteiger partial charge in [0.05, 0.1) is 0 Å². The second kappa shape index (κ2) is 7.91. The van der Waals surface area contributed by atoms with Gasteiger partial charge >= 0.3 is 0 Å². The molecule has 2 atom stereocenters. The molecular weight excluding hydrogens is 338 g/mol. The van der Waals surface area contributed by atoms with Crippen molar-refractivity contribution >= 4 is 11.8 Å². The summed E-state index contributed by atoms with van der Waals surface area (Å²) in [4.78, 5) is 33.8. The van der Waals surface area contributed by atoms with Gasteiger partial charge < -0.3 is 9.80 Å². The van der Waals surface area contributed by atoms with Gasteiger partial charge in [-0.2, -0.15) is 0 Å². The van der Waals surface area contributed by atoms with Crippen molar-refractivity contribution < 1.29 is 9.59 Å². The molecule has 2 aromatic rings. The molecule has 0 spiro atoms. The van der Waals surface area contributed by atoms with Gasteiger partial charge in [0.15, 0.2) is 0 Å².